The molecule has 0 aliphatic heterocycles. The number of sulfone groups is 1. The Morgan fingerprint density at radius 2 is 1.94 bits per heavy atom. The second-order valence-electron chi connectivity index (χ2n) is 8.03. The van der Waals surface area contributed by atoms with E-state index in [0.717, 1.165) is 36.6 Å². The predicted molar refractivity (Wildman–Crippen MR) is 114 cm³/mol. The summed E-state index contributed by atoms with van der Waals surface area (Å²) >= 11 is 0. The van der Waals surface area contributed by atoms with Crippen LogP contribution in [-0.2, 0) is 21.4 Å². The standard InChI is InChI=1S/C23H16F3N3O3S/c1-2-33(30,31)20-16-5-3-14(22(12-27)7-8-22)9-13(16)11-28-19(20)21-29-17-10-15(23(24,25)26)4-6-18(17)32-21/h3-6,9-11H,2,7-8H2,1H3. The maximum absolute atomic E-state index is 13.1. The molecule has 1 aliphatic rings. The summed E-state index contributed by atoms with van der Waals surface area (Å²) in [5, 5.41) is 10.4. The van der Waals surface area contributed by atoms with Crippen LogP contribution in [0.15, 0.2) is 51.9 Å². The van der Waals surface area contributed by atoms with Crippen LogP contribution in [0.5, 0.6) is 0 Å². The van der Waals surface area contributed by atoms with Gasteiger partial charge in [-0.1, -0.05) is 19.1 Å². The normalized spacial score (nSPS) is 15.6. The van der Waals surface area contributed by atoms with Crippen LogP contribution in [0.3, 0.4) is 0 Å². The number of hydrogen-bond acceptors (Lipinski definition) is 6. The second kappa shape index (κ2) is 7.02. The van der Waals surface area contributed by atoms with Crippen LogP contribution in [0.25, 0.3) is 33.5 Å². The number of rotatable bonds is 4. The van der Waals surface area contributed by atoms with Gasteiger partial charge >= 0.3 is 6.18 Å². The average molecular weight is 471 g/mol. The van der Waals surface area contributed by atoms with Crippen LogP contribution < -0.4 is 0 Å². The summed E-state index contributed by atoms with van der Waals surface area (Å²) in [7, 11) is -3.82. The fourth-order valence-corrected chi connectivity index (χ4v) is 5.15. The monoisotopic (exact) mass is 471 g/mol. The fourth-order valence-electron chi connectivity index (χ4n) is 3.90. The summed E-state index contributed by atoms with van der Waals surface area (Å²) in [4.78, 5) is 8.30. The minimum Gasteiger partial charge on any atom is -0.435 e. The number of fused-ring (bicyclic) bond motifs is 2. The fraction of sp³-hybridized carbons (Fsp3) is 0.261. The highest BCUT2D eigenvalue weighted by Crippen LogP contribution is 2.48. The molecule has 168 valence electrons. The second-order valence-corrected chi connectivity index (χ2v) is 10.2. The maximum atomic E-state index is 13.1. The average Bonchev–Trinajstić information content (AvgIpc) is 3.48. The number of nitrogens with zero attached hydrogens (tertiary/aromatic N) is 3. The van der Waals surface area contributed by atoms with Crippen LogP contribution in [0.4, 0.5) is 13.2 Å². The van der Waals surface area contributed by atoms with Gasteiger partial charge in [-0.05, 0) is 42.7 Å². The molecule has 0 radical (unpaired) electrons. The van der Waals surface area contributed by atoms with E-state index in [-0.39, 0.29) is 33.3 Å². The van der Waals surface area contributed by atoms with E-state index in [4.69, 9.17) is 4.42 Å². The molecule has 0 bridgehead atoms. The zero-order chi connectivity index (χ0) is 23.6. The molecule has 0 unspecified atom stereocenters. The van der Waals surface area contributed by atoms with Gasteiger partial charge < -0.3 is 4.42 Å². The third kappa shape index (κ3) is 3.43. The molecule has 33 heavy (non-hydrogen) atoms. The van der Waals surface area contributed by atoms with Crippen molar-refractivity contribution in [3.63, 3.8) is 0 Å². The SMILES string of the molecule is CCS(=O)(=O)c1c(-c2nc3cc(C(F)(F)F)ccc3o2)ncc2cc(C3(C#N)CC3)ccc12. The lowest BCUT2D eigenvalue weighted by atomic mass is 9.95. The Labute approximate surface area is 186 Å². The van der Waals surface area contributed by atoms with Gasteiger partial charge in [-0.25, -0.2) is 18.4 Å². The van der Waals surface area contributed by atoms with E-state index in [1.54, 1.807) is 18.2 Å². The van der Waals surface area contributed by atoms with E-state index in [9.17, 15) is 26.9 Å². The summed E-state index contributed by atoms with van der Waals surface area (Å²) < 4.78 is 70.9. The lowest BCUT2D eigenvalue weighted by molar-refractivity contribution is -0.137. The first-order valence-electron chi connectivity index (χ1n) is 10.1. The first-order valence-corrected chi connectivity index (χ1v) is 11.8. The van der Waals surface area contributed by atoms with Gasteiger partial charge in [0.1, 0.15) is 16.1 Å². The van der Waals surface area contributed by atoms with E-state index < -0.39 is 27.0 Å². The van der Waals surface area contributed by atoms with Crippen molar-refractivity contribution in [2.24, 2.45) is 0 Å². The Balaban J connectivity index is 1.73. The summed E-state index contributed by atoms with van der Waals surface area (Å²) in [6.07, 6.45) is -1.61. The van der Waals surface area contributed by atoms with E-state index >= 15 is 0 Å². The van der Waals surface area contributed by atoms with Crippen molar-refractivity contribution in [1.29, 1.82) is 5.26 Å². The molecule has 0 saturated heterocycles. The van der Waals surface area contributed by atoms with Crippen molar-refractivity contribution >= 4 is 31.7 Å². The molecule has 6 nitrogen and oxygen atoms in total. The zero-order valence-electron chi connectivity index (χ0n) is 17.3. The molecule has 0 atom stereocenters. The highest BCUT2D eigenvalue weighted by atomic mass is 32.2. The van der Waals surface area contributed by atoms with E-state index in [1.807, 2.05) is 0 Å². The van der Waals surface area contributed by atoms with E-state index in [0.29, 0.717) is 10.8 Å². The van der Waals surface area contributed by atoms with Gasteiger partial charge in [-0.15, -0.1) is 0 Å². The molecule has 5 rings (SSSR count). The third-order valence-electron chi connectivity index (χ3n) is 5.97. The Kier molecular flexibility index (Phi) is 4.55. The Morgan fingerprint density at radius 3 is 2.58 bits per heavy atom. The largest absolute Gasteiger partial charge is 0.435 e. The molecule has 10 heteroatoms. The van der Waals surface area contributed by atoms with Crippen molar-refractivity contribution < 1.29 is 26.0 Å². The molecule has 0 N–H and O–H groups in total. The van der Waals surface area contributed by atoms with Gasteiger partial charge in [0.25, 0.3) is 0 Å². The van der Waals surface area contributed by atoms with Gasteiger partial charge in [0.2, 0.25) is 5.89 Å². The number of nitriles is 1. The molecule has 0 amide bonds. The van der Waals surface area contributed by atoms with Crippen LogP contribution in [0, 0.1) is 11.3 Å². The smallest absolute Gasteiger partial charge is 0.416 e. The lowest BCUT2D eigenvalue weighted by Crippen LogP contribution is -2.09. The van der Waals surface area contributed by atoms with Gasteiger partial charge in [0, 0.05) is 17.0 Å². The Hall–Kier alpha value is -3.45. The van der Waals surface area contributed by atoms with Gasteiger partial charge in [0.15, 0.2) is 15.4 Å². The van der Waals surface area contributed by atoms with Crippen molar-refractivity contribution in [3.8, 4) is 17.7 Å². The predicted octanol–water partition coefficient (Wildman–Crippen LogP) is 5.41. The summed E-state index contributed by atoms with van der Waals surface area (Å²) in [5.74, 6) is -0.402. The van der Waals surface area contributed by atoms with E-state index in [2.05, 4.69) is 16.0 Å². The highest BCUT2D eigenvalue weighted by molar-refractivity contribution is 7.91. The first-order chi connectivity index (χ1) is 15.6. The van der Waals surface area contributed by atoms with Crippen LogP contribution in [-0.4, -0.2) is 24.1 Å². The number of halogens is 3. The number of benzene rings is 2. The lowest BCUT2D eigenvalue weighted by Gasteiger charge is -2.12. The molecule has 4 aromatic rings. The number of pyridine rings is 1. The zero-order valence-corrected chi connectivity index (χ0v) is 18.1. The molecule has 1 aliphatic carbocycles. The van der Waals surface area contributed by atoms with Gasteiger partial charge in [-0.3, -0.25) is 0 Å². The van der Waals surface area contributed by atoms with Gasteiger partial charge in [0.05, 0.1) is 22.8 Å². The molecule has 0 spiro atoms. The summed E-state index contributed by atoms with van der Waals surface area (Å²) in [6.45, 7) is 1.49. The minimum absolute atomic E-state index is 0.0541. The van der Waals surface area contributed by atoms with Crippen molar-refractivity contribution in [2.45, 2.75) is 36.3 Å². The Bertz CT molecular complexity index is 1580. The number of oxazole rings is 1. The molecule has 2 heterocycles. The number of aromatic nitrogens is 2. The van der Waals surface area contributed by atoms with E-state index in [1.165, 1.54) is 13.1 Å². The summed E-state index contributed by atoms with van der Waals surface area (Å²) in [6, 6.07) is 10.3. The van der Waals surface area contributed by atoms with Crippen molar-refractivity contribution in [3.05, 3.63) is 53.7 Å². The van der Waals surface area contributed by atoms with Crippen molar-refractivity contribution in [1.82, 2.24) is 9.97 Å². The first kappa shape index (κ1) is 21.4. The number of alkyl halides is 3. The number of hydrogen-bond donors (Lipinski definition) is 0. The van der Waals surface area contributed by atoms with Gasteiger partial charge in [-0.2, -0.15) is 18.4 Å². The molecular formula is C23H16F3N3O3S. The molecule has 2 aromatic carbocycles. The van der Waals surface area contributed by atoms with Crippen LogP contribution >= 0.6 is 0 Å². The quantitative estimate of drug-likeness (QED) is 0.395. The molecule has 1 saturated carbocycles. The molecular weight excluding hydrogens is 455 g/mol. The summed E-state index contributed by atoms with van der Waals surface area (Å²) in [5.41, 5.74) is -0.674. The molecule has 1 fully saturated rings. The highest BCUT2D eigenvalue weighted by Gasteiger charge is 2.45. The third-order valence-corrected chi connectivity index (χ3v) is 7.76. The van der Waals surface area contributed by atoms with Crippen LogP contribution in [0.2, 0.25) is 0 Å². The minimum atomic E-state index is -4.55. The van der Waals surface area contributed by atoms with Crippen molar-refractivity contribution in [2.75, 3.05) is 5.75 Å². The topological polar surface area (TPSA) is 96.8 Å². The van der Waals surface area contributed by atoms with Crippen LogP contribution in [0.1, 0.15) is 30.9 Å². The Morgan fingerprint density at radius 1 is 1.18 bits per heavy atom. The maximum Gasteiger partial charge on any atom is 0.416 e. The molecule has 2 aromatic heterocycles.